The first-order valence-corrected chi connectivity index (χ1v) is 5.10. The van der Waals surface area contributed by atoms with Gasteiger partial charge in [0.1, 0.15) is 0 Å². The molecule has 0 atom stereocenters. The maximum absolute atomic E-state index is 11.0. The van der Waals surface area contributed by atoms with E-state index in [4.69, 9.17) is 11.5 Å². The van der Waals surface area contributed by atoms with Crippen molar-refractivity contribution in [1.29, 1.82) is 0 Å². The molecular formula is C10H17N5O. The van der Waals surface area contributed by atoms with Gasteiger partial charge in [0.2, 0.25) is 5.91 Å². The number of carbonyl (C=O) groups is 1. The molecule has 0 saturated carbocycles. The summed E-state index contributed by atoms with van der Waals surface area (Å²) in [6, 6.07) is 0. The molecule has 88 valence electrons. The van der Waals surface area contributed by atoms with Crippen LogP contribution >= 0.6 is 0 Å². The molecule has 4 N–H and O–H groups in total. The molecule has 0 aliphatic heterocycles. The van der Waals surface area contributed by atoms with Gasteiger partial charge in [-0.05, 0) is 5.92 Å². The van der Waals surface area contributed by atoms with Crippen LogP contribution in [0, 0.1) is 5.92 Å². The second-order valence-corrected chi connectivity index (χ2v) is 4.01. The first-order valence-electron chi connectivity index (χ1n) is 5.10. The molecule has 1 aromatic rings. The summed E-state index contributed by atoms with van der Waals surface area (Å²) in [7, 11) is 0. The lowest BCUT2D eigenvalue weighted by Gasteiger charge is -2.24. The largest absolute Gasteiger partial charge is 0.381 e. The number of anilines is 2. The Balaban J connectivity index is 2.91. The fourth-order valence-corrected chi connectivity index (χ4v) is 1.44. The molecule has 0 spiro atoms. The third-order valence-corrected chi connectivity index (χ3v) is 1.94. The van der Waals surface area contributed by atoms with Crippen LogP contribution in [0.5, 0.6) is 0 Å². The van der Waals surface area contributed by atoms with Gasteiger partial charge < -0.3 is 16.4 Å². The molecule has 0 saturated heterocycles. The highest BCUT2D eigenvalue weighted by Crippen LogP contribution is 2.17. The van der Waals surface area contributed by atoms with Gasteiger partial charge in [0, 0.05) is 18.9 Å². The zero-order valence-corrected chi connectivity index (χ0v) is 9.55. The van der Waals surface area contributed by atoms with E-state index >= 15 is 0 Å². The van der Waals surface area contributed by atoms with Crippen LogP contribution in [0.25, 0.3) is 0 Å². The third kappa shape index (κ3) is 3.38. The van der Waals surface area contributed by atoms with E-state index < -0.39 is 5.91 Å². The summed E-state index contributed by atoms with van der Waals surface area (Å²) < 4.78 is 0. The molecule has 0 aliphatic carbocycles. The fourth-order valence-electron chi connectivity index (χ4n) is 1.44. The van der Waals surface area contributed by atoms with Crippen LogP contribution in [-0.2, 0) is 4.79 Å². The quantitative estimate of drug-likeness (QED) is 0.732. The van der Waals surface area contributed by atoms with Gasteiger partial charge in [0.05, 0.1) is 6.54 Å². The van der Waals surface area contributed by atoms with Crippen molar-refractivity contribution < 1.29 is 4.79 Å². The lowest BCUT2D eigenvalue weighted by Crippen LogP contribution is -2.37. The molecule has 0 aromatic carbocycles. The Kier molecular flexibility index (Phi) is 4.04. The van der Waals surface area contributed by atoms with E-state index in [2.05, 4.69) is 9.97 Å². The topological polar surface area (TPSA) is 98.1 Å². The van der Waals surface area contributed by atoms with Gasteiger partial charge in [-0.15, -0.1) is 0 Å². The zero-order chi connectivity index (χ0) is 12.1. The van der Waals surface area contributed by atoms with Crippen molar-refractivity contribution in [3.05, 3.63) is 12.4 Å². The molecule has 6 nitrogen and oxygen atoms in total. The number of nitrogen functional groups attached to an aromatic ring is 1. The summed E-state index contributed by atoms with van der Waals surface area (Å²) in [5.41, 5.74) is 10.9. The van der Waals surface area contributed by atoms with E-state index in [9.17, 15) is 4.79 Å². The Labute approximate surface area is 94.7 Å². The molecule has 1 heterocycles. The molecule has 0 bridgehead atoms. The van der Waals surface area contributed by atoms with E-state index in [0.717, 1.165) is 0 Å². The minimum absolute atomic E-state index is 0.0983. The van der Waals surface area contributed by atoms with Crippen LogP contribution in [0.2, 0.25) is 0 Å². The Morgan fingerprint density at radius 2 is 2.06 bits per heavy atom. The molecule has 0 fully saturated rings. The average molecular weight is 223 g/mol. The van der Waals surface area contributed by atoms with Gasteiger partial charge >= 0.3 is 0 Å². The fraction of sp³-hybridized carbons (Fsp3) is 0.500. The van der Waals surface area contributed by atoms with Crippen molar-refractivity contribution in [1.82, 2.24) is 9.97 Å². The Morgan fingerprint density at radius 3 is 2.56 bits per heavy atom. The molecule has 6 heteroatoms. The highest BCUT2D eigenvalue weighted by molar-refractivity contribution is 5.80. The van der Waals surface area contributed by atoms with Gasteiger partial charge in [0.15, 0.2) is 11.6 Å². The zero-order valence-electron chi connectivity index (χ0n) is 9.55. The molecular weight excluding hydrogens is 206 g/mol. The maximum Gasteiger partial charge on any atom is 0.237 e. The molecule has 1 aromatic heterocycles. The lowest BCUT2D eigenvalue weighted by atomic mass is 10.2. The smallest absolute Gasteiger partial charge is 0.237 e. The first kappa shape index (κ1) is 12.2. The minimum atomic E-state index is -0.411. The Hall–Kier alpha value is -1.85. The van der Waals surface area contributed by atoms with E-state index in [-0.39, 0.29) is 6.54 Å². The maximum atomic E-state index is 11.0. The summed E-state index contributed by atoms with van der Waals surface area (Å²) in [4.78, 5) is 20.8. The average Bonchev–Trinajstić information content (AvgIpc) is 2.15. The summed E-state index contributed by atoms with van der Waals surface area (Å²) in [6.07, 6.45) is 3.05. The highest BCUT2D eigenvalue weighted by Gasteiger charge is 2.15. The van der Waals surface area contributed by atoms with Gasteiger partial charge in [-0.2, -0.15) is 0 Å². The number of primary amides is 1. The number of hydrogen-bond donors (Lipinski definition) is 2. The first-order chi connectivity index (χ1) is 7.50. The summed E-state index contributed by atoms with van der Waals surface area (Å²) in [5, 5.41) is 0. The molecule has 1 amide bonds. The second kappa shape index (κ2) is 5.29. The Bertz CT molecular complexity index is 366. The standard InChI is InChI=1S/C10H17N5O/c1-7(2)5-15(6-8(11)16)10-9(12)13-3-4-14-10/h3-4,7H,5-6H2,1-2H3,(H2,11,16)(H2,12,13). The van der Waals surface area contributed by atoms with Gasteiger partial charge in [0.25, 0.3) is 0 Å². The van der Waals surface area contributed by atoms with Crippen LogP contribution in [0.1, 0.15) is 13.8 Å². The van der Waals surface area contributed by atoms with Crippen molar-refractivity contribution in [2.24, 2.45) is 11.7 Å². The molecule has 16 heavy (non-hydrogen) atoms. The summed E-state index contributed by atoms with van der Waals surface area (Å²) >= 11 is 0. The van der Waals surface area contributed by atoms with Crippen LogP contribution in [0.4, 0.5) is 11.6 Å². The van der Waals surface area contributed by atoms with Crippen LogP contribution in [-0.4, -0.2) is 29.0 Å². The van der Waals surface area contributed by atoms with Crippen LogP contribution in [0.15, 0.2) is 12.4 Å². The summed E-state index contributed by atoms with van der Waals surface area (Å²) in [5.74, 6) is 0.783. The normalized spacial score (nSPS) is 10.4. The third-order valence-electron chi connectivity index (χ3n) is 1.94. The predicted octanol–water partition coefficient (Wildman–Crippen LogP) is 0.00650. The lowest BCUT2D eigenvalue weighted by molar-refractivity contribution is -0.116. The second-order valence-electron chi connectivity index (χ2n) is 4.01. The summed E-state index contributed by atoms with van der Waals surface area (Å²) in [6.45, 7) is 4.84. The van der Waals surface area contributed by atoms with Crippen molar-refractivity contribution >= 4 is 17.5 Å². The molecule has 0 radical (unpaired) electrons. The van der Waals surface area contributed by atoms with Crippen molar-refractivity contribution in [2.45, 2.75) is 13.8 Å². The van der Waals surface area contributed by atoms with Crippen LogP contribution in [0.3, 0.4) is 0 Å². The van der Waals surface area contributed by atoms with Crippen molar-refractivity contribution in [2.75, 3.05) is 23.7 Å². The molecule has 0 unspecified atom stereocenters. The number of rotatable bonds is 5. The number of hydrogen-bond acceptors (Lipinski definition) is 5. The van der Waals surface area contributed by atoms with Gasteiger partial charge in [-0.25, -0.2) is 9.97 Å². The van der Waals surface area contributed by atoms with Gasteiger partial charge in [-0.1, -0.05) is 13.8 Å². The molecule has 1 rings (SSSR count). The predicted molar refractivity (Wildman–Crippen MR) is 62.7 cm³/mol. The van der Waals surface area contributed by atoms with Crippen molar-refractivity contribution in [3.63, 3.8) is 0 Å². The van der Waals surface area contributed by atoms with Gasteiger partial charge in [-0.3, -0.25) is 4.79 Å². The Morgan fingerprint density at radius 1 is 1.44 bits per heavy atom. The number of nitrogens with zero attached hydrogens (tertiary/aromatic N) is 3. The number of aromatic nitrogens is 2. The van der Waals surface area contributed by atoms with E-state index in [1.807, 2.05) is 13.8 Å². The van der Waals surface area contributed by atoms with E-state index in [0.29, 0.717) is 24.1 Å². The number of amides is 1. The monoisotopic (exact) mass is 223 g/mol. The minimum Gasteiger partial charge on any atom is -0.381 e. The van der Waals surface area contributed by atoms with Crippen molar-refractivity contribution in [3.8, 4) is 0 Å². The van der Waals surface area contributed by atoms with E-state index in [1.165, 1.54) is 6.20 Å². The number of nitrogens with two attached hydrogens (primary N) is 2. The number of carbonyl (C=O) groups excluding carboxylic acids is 1. The highest BCUT2D eigenvalue weighted by atomic mass is 16.1. The molecule has 0 aliphatic rings. The SMILES string of the molecule is CC(C)CN(CC(N)=O)c1nccnc1N. The van der Waals surface area contributed by atoms with Crippen LogP contribution < -0.4 is 16.4 Å². The van der Waals surface area contributed by atoms with E-state index in [1.54, 1.807) is 11.1 Å².